The summed E-state index contributed by atoms with van der Waals surface area (Å²) < 4.78 is 2.08. The first kappa shape index (κ1) is 6.65. The summed E-state index contributed by atoms with van der Waals surface area (Å²) in [5.41, 5.74) is 2.76. The molecule has 1 aromatic heterocycles. The van der Waals surface area contributed by atoms with E-state index in [4.69, 9.17) is 0 Å². The van der Waals surface area contributed by atoms with Crippen molar-refractivity contribution in [1.82, 2.24) is 0 Å². The van der Waals surface area contributed by atoms with Crippen molar-refractivity contribution in [3.8, 4) is 0 Å². The Balaban J connectivity index is 2.43. The van der Waals surface area contributed by atoms with Gasteiger partial charge in [0.1, 0.15) is 12.7 Å². The van der Waals surface area contributed by atoms with E-state index >= 15 is 0 Å². The number of nitrogens with one attached hydrogen (secondary N) is 1. The van der Waals surface area contributed by atoms with Crippen molar-refractivity contribution in [3.05, 3.63) is 24.0 Å². The summed E-state index contributed by atoms with van der Waals surface area (Å²) in [6.45, 7) is 1.12. The van der Waals surface area contributed by atoms with E-state index < -0.39 is 0 Å². The molecule has 1 aliphatic rings. The van der Waals surface area contributed by atoms with Crippen molar-refractivity contribution in [2.75, 3.05) is 11.9 Å². The number of aryl methyl sites for hydroxylation is 2. The molecule has 0 aromatic carbocycles. The van der Waals surface area contributed by atoms with Crippen LogP contribution in [-0.2, 0) is 13.5 Å². The molecule has 58 valence electrons. The summed E-state index contributed by atoms with van der Waals surface area (Å²) in [6.07, 6.45) is 6.74. The molecule has 1 aromatic rings. The van der Waals surface area contributed by atoms with Crippen molar-refractivity contribution >= 4 is 5.69 Å². The Morgan fingerprint density at radius 1 is 1.55 bits per heavy atom. The van der Waals surface area contributed by atoms with Gasteiger partial charge in [0.25, 0.3) is 0 Å². The number of fused-ring (bicyclic) bond motifs is 1. The summed E-state index contributed by atoms with van der Waals surface area (Å²) in [7, 11) is 2.05. The monoisotopic (exact) mass is 149 g/mol. The van der Waals surface area contributed by atoms with Gasteiger partial charge in [0.15, 0.2) is 12.4 Å². The van der Waals surface area contributed by atoms with Crippen molar-refractivity contribution in [2.45, 2.75) is 12.8 Å². The van der Waals surface area contributed by atoms with Crippen LogP contribution in [0.2, 0.25) is 0 Å². The zero-order valence-electron chi connectivity index (χ0n) is 6.80. The highest BCUT2D eigenvalue weighted by Gasteiger charge is 2.10. The molecule has 1 N–H and O–H groups in total. The predicted octanol–water partition coefficient (Wildman–Crippen LogP) is 0.869. The Kier molecular flexibility index (Phi) is 1.53. The topological polar surface area (TPSA) is 15.9 Å². The highest BCUT2D eigenvalue weighted by atomic mass is 15.0. The third kappa shape index (κ3) is 1.20. The standard InChI is InChI=1S/C9H13N2/c1-11-6-4-8-3-2-5-10-9(8)7-11/h4,6-7,10H,2-3,5H2,1H3/q+1. The van der Waals surface area contributed by atoms with Gasteiger partial charge in [0.05, 0.1) is 0 Å². The fourth-order valence-corrected chi connectivity index (χ4v) is 1.51. The Labute approximate surface area is 66.9 Å². The van der Waals surface area contributed by atoms with Gasteiger partial charge >= 0.3 is 0 Å². The fraction of sp³-hybridized carbons (Fsp3) is 0.444. The number of nitrogens with zero attached hydrogens (tertiary/aromatic N) is 1. The quantitative estimate of drug-likeness (QED) is 0.541. The Bertz CT molecular complexity index is 268. The molecule has 0 fully saturated rings. The highest BCUT2D eigenvalue weighted by Crippen LogP contribution is 2.18. The average molecular weight is 149 g/mol. The number of hydrogen-bond donors (Lipinski definition) is 1. The molecule has 11 heavy (non-hydrogen) atoms. The maximum Gasteiger partial charge on any atom is 0.192 e. The minimum atomic E-state index is 1.12. The predicted molar refractivity (Wildman–Crippen MR) is 44.4 cm³/mol. The van der Waals surface area contributed by atoms with E-state index in [1.807, 2.05) is 0 Å². The second kappa shape index (κ2) is 2.53. The zero-order chi connectivity index (χ0) is 7.68. The highest BCUT2D eigenvalue weighted by molar-refractivity contribution is 5.49. The number of hydrogen-bond acceptors (Lipinski definition) is 1. The van der Waals surface area contributed by atoms with Crippen molar-refractivity contribution < 1.29 is 4.57 Å². The van der Waals surface area contributed by atoms with Crippen LogP contribution in [0.1, 0.15) is 12.0 Å². The molecule has 2 heteroatoms. The molecular weight excluding hydrogens is 136 g/mol. The summed E-state index contributed by atoms with van der Waals surface area (Å²) >= 11 is 0. The molecule has 0 atom stereocenters. The smallest absolute Gasteiger partial charge is 0.192 e. The molecule has 0 radical (unpaired) electrons. The lowest BCUT2D eigenvalue weighted by atomic mass is 10.1. The van der Waals surface area contributed by atoms with E-state index in [0.717, 1.165) is 6.54 Å². The summed E-state index contributed by atoms with van der Waals surface area (Å²) in [6, 6.07) is 2.20. The van der Waals surface area contributed by atoms with Gasteiger partial charge in [-0.25, -0.2) is 4.57 Å². The molecular formula is C9H13N2+. The average Bonchev–Trinajstić information content (AvgIpc) is 2.04. The molecule has 1 aliphatic heterocycles. The number of pyridine rings is 1. The molecule has 2 nitrogen and oxygen atoms in total. The van der Waals surface area contributed by atoms with E-state index in [9.17, 15) is 0 Å². The lowest BCUT2D eigenvalue weighted by Gasteiger charge is -2.14. The fourth-order valence-electron chi connectivity index (χ4n) is 1.51. The van der Waals surface area contributed by atoms with Crippen LogP contribution in [0.4, 0.5) is 5.69 Å². The number of anilines is 1. The van der Waals surface area contributed by atoms with Crippen LogP contribution in [0, 0.1) is 0 Å². The minimum absolute atomic E-state index is 1.12. The van der Waals surface area contributed by atoms with Gasteiger partial charge in [0, 0.05) is 12.6 Å². The van der Waals surface area contributed by atoms with Gasteiger partial charge in [-0.3, -0.25) is 0 Å². The molecule has 2 heterocycles. The summed E-state index contributed by atoms with van der Waals surface area (Å²) in [4.78, 5) is 0. The van der Waals surface area contributed by atoms with E-state index in [0.29, 0.717) is 0 Å². The lowest BCUT2D eigenvalue weighted by molar-refractivity contribution is -0.670. The Morgan fingerprint density at radius 2 is 2.45 bits per heavy atom. The van der Waals surface area contributed by atoms with Crippen molar-refractivity contribution in [3.63, 3.8) is 0 Å². The van der Waals surface area contributed by atoms with E-state index in [1.54, 1.807) is 0 Å². The maximum atomic E-state index is 3.38. The summed E-state index contributed by atoms with van der Waals surface area (Å²) in [5.74, 6) is 0. The molecule has 0 spiro atoms. The van der Waals surface area contributed by atoms with Crippen LogP contribution in [0.5, 0.6) is 0 Å². The zero-order valence-corrected chi connectivity index (χ0v) is 6.80. The van der Waals surface area contributed by atoms with Crippen LogP contribution in [0.3, 0.4) is 0 Å². The van der Waals surface area contributed by atoms with Gasteiger partial charge in [-0.1, -0.05) is 0 Å². The molecule has 0 amide bonds. The van der Waals surface area contributed by atoms with Crippen molar-refractivity contribution in [1.29, 1.82) is 0 Å². The molecule has 2 rings (SSSR count). The van der Waals surface area contributed by atoms with Gasteiger partial charge in [-0.05, 0) is 18.4 Å². The molecule has 0 saturated heterocycles. The summed E-state index contributed by atoms with van der Waals surface area (Å²) in [5, 5.41) is 3.38. The van der Waals surface area contributed by atoms with Gasteiger partial charge in [-0.2, -0.15) is 0 Å². The van der Waals surface area contributed by atoms with Crippen molar-refractivity contribution in [2.24, 2.45) is 7.05 Å². The van der Waals surface area contributed by atoms with E-state index in [2.05, 4.69) is 35.4 Å². The normalized spacial score (nSPS) is 15.4. The number of aromatic nitrogens is 1. The third-order valence-corrected chi connectivity index (χ3v) is 2.13. The molecule has 0 bridgehead atoms. The Hall–Kier alpha value is -1.05. The molecule has 0 unspecified atom stereocenters. The molecule has 0 aliphatic carbocycles. The second-order valence-electron chi connectivity index (χ2n) is 3.08. The largest absolute Gasteiger partial charge is 0.380 e. The van der Waals surface area contributed by atoms with Gasteiger partial charge < -0.3 is 5.32 Å². The van der Waals surface area contributed by atoms with Crippen LogP contribution in [0.25, 0.3) is 0 Å². The SMILES string of the molecule is C[n+]1ccc2c(c1)NCCC2. The maximum absolute atomic E-state index is 3.38. The lowest BCUT2D eigenvalue weighted by Crippen LogP contribution is -2.28. The van der Waals surface area contributed by atoms with E-state index in [-0.39, 0.29) is 0 Å². The third-order valence-electron chi connectivity index (χ3n) is 2.13. The van der Waals surface area contributed by atoms with Crippen LogP contribution < -0.4 is 9.88 Å². The van der Waals surface area contributed by atoms with Crippen LogP contribution in [-0.4, -0.2) is 6.54 Å². The number of rotatable bonds is 0. The second-order valence-corrected chi connectivity index (χ2v) is 3.08. The first-order valence-corrected chi connectivity index (χ1v) is 4.08. The Morgan fingerprint density at radius 3 is 3.36 bits per heavy atom. The van der Waals surface area contributed by atoms with E-state index in [1.165, 1.54) is 24.1 Å². The van der Waals surface area contributed by atoms with Gasteiger partial charge in [0.2, 0.25) is 0 Å². The first-order chi connectivity index (χ1) is 5.36. The minimum Gasteiger partial charge on any atom is -0.380 e. The first-order valence-electron chi connectivity index (χ1n) is 4.08. The van der Waals surface area contributed by atoms with Crippen LogP contribution >= 0.6 is 0 Å². The van der Waals surface area contributed by atoms with Crippen LogP contribution in [0.15, 0.2) is 18.5 Å². The molecule has 0 saturated carbocycles. The van der Waals surface area contributed by atoms with Gasteiger partial charge in [-0.15, -0.1) is 0 Å².